The Labute approximate surface area is 279 Å². The number of carboxylic acids is 1. The van der Waals surface area contributed by atoms with Crippen molar-refractivity contribution in [2.75, 3.05) is 11.0 Å². The van der Waals surface area contributed by atoms with Gasteiger partial charge in [-0.1, -0.05) is 73.5 Å². The molecule has 1 aliphatic carbocycles. The quantitative estimate of drug-likeness (QED) is 0.155. The number of imidazole rings is 1. The molecule has 1 fully saturated rings. The first kappa shape index (κ1) is 31.4. The molecule has 2 atom stereocenters. The Morgan fingerprint density at radius 3 is 2.35 bits per heavy atom. The van der Waals surface area contributed by atoms with Crippen molar-refractivity contribution in [3.63, 3.8) is 0 Å². The van der Waals surface area contributed by atoms with Gasteiger partial charge in [-0.2, -0.15) is 0 Å². The number of aliphatic carboxylic acids is 1. The zero-order valence-corrected chi connectivity index (χ0v) is 27.4. The lowest BCUT2D eigenvalue weighted by Gasteiger charge is -2.28. The standard InChI is InChI=1S/C38H36N4O5S/c1-48(45,46)41-29-17-14-27(15-18-29)26-12-10-25(11-13-26)23-42-36-21-20-31(47-24-30-19-16-28-6-2-5-9-34(28)39-30)22-35(36)40-37(42)32-7-3-4-8-33(32)38(43)44/h2,5-6,9-22,32-33,41H,3-4,7-8,23-24H2,1H3,(H,43,44)/t32-,33+/m0/s1. The molecular formula is C38H36N4O5S. The number of nitrogens with one attached hydrogen (secondary N) is 1. The van der Waals surface area contributed by atoms with Gasteiger partial charge in [0.1, 0.15) is 18.2 Å². The number of sulfonamides is 1. The van der Waals surface area contributed by atoms with Crippen LogP contribution in [0.25, 0.3) is 33.1 Å². The Morgan fingerprint density at radius 1 is 0.875 bits per heavy atom. The molecule has 0 spiro atoms. The van der Waals surface area contributed by atoms with Crippen LogP contribution in [0.4, 0.5) is 5.69 Å². The number of nitrogens with zero attached hydrogens (tertiary/aromatic N) is 3. The van der Waals surface area contributed by atoms with Gasteiger partial charge in [0.25, 0.3) is 0 Å². The highest BCUT2D eigenvalue weighted by atomic mass is 32.2. The highest BCUT2D eigenvalue weighted by Crippen LogP contribution is 2.39. The van der Waals surface area contributed by atoms with E-state index in [4.69, 9.17) is 14.7 Å². The molecule has 0 amide bonds. The number of carbonyl (C=O) groups is 1. The van der Waals surface area contributed by atoms with E-state index in [1.807, 2.05) is 78.9 Å². The number of ether oxygens (including phenoxy) is 1. The number of benzene rings is 4. The van der Waals surface area contributed by atoms with Crippen LogP contribution in [-0.4, -0.2) is 40.3 Å². The van der Waals surface area contributed by atoms with Crippen molar-refractivity contribution < 1.29 is 23.1 Å². The zero-order chi connectivity index (χ0) is 33.3. The number of pyridine rings is 1. The molecule has 0 aliphatic heterocycles. The van der Waals surface area contributed by atoms with E-state index < -0.39 is 21.9 Å². The summed E-state index contributed by atoms with van der Waals surface area (Å²) in [5, 5.41) is 11.2. The molecule has 7 rings (SSSR count). The van der Waals surface area contributed by atoms with Gasteiger partial charge in [0.2, 0.25) is 10.0 Å². The van der Waals surface area contributed by atoms with E-state index >= 15 is 0 Å². The maximum Gasteiger partial charge on any atom is 0.307 e. The monoisotopic (exact) mass is 660 g/mol. The number of aromatic nitrogens is 3. The summed E-state index contributed by atoms with van der Waals surface area (Å²) in [5.41, 5.74) is 6.98. The number of fused-ring (bicyclic) bond motifs is 2. The predicted molar refractivity (Wildman–Crippen MR) is 188 cm³/mol. The Hall–Kier alpha value is -5.22. The topological polar surface area (TPSA) is 123 Å². The van der Waals surface area contributed by atoms with E-state index in [9.17, 15) is 18.3 Å². The van der Waals surface area contributed by atoms with E-state index in [1.54, 1.807) is 12.1 Å². The van der Waals surface area contributed by atoms with E-state index in [0.717, 1.165) is 75.7 Å². The van der Waals surface area contributed by atoms with Crippen molar-refractivity contribution in [1.29, 1.82) is 0 Å². The number of carboxylic acid groups (broad SMARTS) is 1. The van der Waals surface area contributed by atoms with Crippen LogP contribution < -0.4 is 9.46 Å². The lowest BCUT2D eigenvalue weighted by molar-refractivity contribution is -0.143. The minimum Gasteiger partial charge on any atom is -0.487 e. The molecule has 2 aromatic heterocycles. The molecule has 244 valence electrons. The first-order chi connectivity index (χ1) is 23.2. The summed E-state index contributed by atoms with van der Waals surface area (Å²) >= 11 is 0. The molecule has 1 saturated carbocycles. The summed E-state index contributed by atoms with van der Waals surface area (Å²) in [4.78, 5) is 22.1. The summed E-state index contributed by atoms with van der Waals surface area (Å²) < 4.78 is 33.9. The van der Waals surface area contributed by atoms with E-state index in [1.165, 1.54) is 0 Å². The van der Waals surface area contributed by atoms with Crippen LogP contribution in [0.15, 0.2) is 103 Å². The Kier molecular flexibility index (Phi) is 8.58. The predicted octanol–water partition coefficient (Wildman–Crippen LogP) is 7.61. The SMILES string of the molecule is CS(=O)(=O)Nc1ccc(-c2ccc(Cn3c([C@H]4CCCC[C@H]4C(=O)O)nc4cc(OCc5ccc6ccccc6n5)ccc43)cc2)cc1. The Bertz CT molecular complexity index is 2210. The van der Waals surface area contributed by atoms with Gasteiger partial charge in [-0.05, 0) is 65.9 Å². The van der Waals surface area contributed by atoms with Gasteiger partial charge in [-0.3, -0.25) is 9.52 Å². The van der Waals surface area contributed by atoms with Gasteiger partial charge >= 0.3 is 5.97 Å². The maximum atomic E-state index is 12.3. The fourth-order valence-corrected chi connectivity index (χ4v) is 7.24. The molecule has 2 heterocycles. The third-order valence-corrected chi connectivity index (χ3v) is 9.63. The van der Waals surface area contributed by atoms with Crippen molar-refractivity contribution in [3.8, 4) is 16.9 Å². The minimum atomic E-state index is -3.34. The second-order valence-corrected chi connectivity index (χ2v) is 14.2. The number of rotatable bonds is 10. The summed E-state index contributed by atoms with van der Waals surface area (Å²) in [6.07, 6.45) is 4.42. The average Bonchev–Trinajstić information content (AvgIpc) is 3.44. The fourth-order valence-electron chi connectivity index (χ4n) is 6.68. The van der Waals surface area contributed by atoms with E-state index in [-0.39, 0.29) is 5.92 Å². The van der Waals surface area contributed by atoms with Crippen molar-refractivity contribution in [1.82, 2.24) is 14.5 Å². The second kappa shape index (κ2) is 13.1. The largest absolute Gasteiger partial charge is 0.487 e. The van der Waals surface area contributed by atoms with Gasteiger partial charge in [0.05, 0.1) is 34.4 Å². The molecule has 48 heavy (non-hydrogen) atoms. The van der Waals surface area contributed by atoms with Gasteiger partial charge in [0, 0.05) is 29.6 Å². The van der Waals surface area contributed by atoms with Crippen LogP contribution in [0.5, 0.6) is 5.75 Å². The van der Waals surface area contributed by atoms with E-state index in [2.05, 4.69) is 21.4 Å². The second-order valence-electron chi connectivity index (χ2n) is 12.5. The fraction of sp³-hybridized carbons (Fsp3) is 0.237. The number of hydrogen-bond donors (Lipinski definition) is 2. The summed E-state index contributed by atoms with van der Waals surface area (Å²) in [5.74, 6) is 0.0321. The molecular weight excluding hydrogens is 625 g/mol. The maximum absolute atomic E-state index is 12.3. The first-order valence-corrected chi connectivity index (χ1v) is 18.0. The summed E-state index contributed by atoms with van der Waals surface area (Å²) in [6.45, 7) is 0.851. The molecule has 0 radical (unpaired) electrons. The van der Waals surface area contributed by atoms with Crippen molar-refractivity contribution in [3.05, 3.63) is 120 Å². The molecule has 10 heteroatoms. The third kappa shape index (κ3) is 6.89. The highest BCUT2D eigenvalue weighted by molar-refractivity contribution is 7.92. The van der Waals surface area contributed by atoms with Crippen LogP contribution >= 0.6 is 0 Å². The molecule has 9 nitrogen and oxygen atoms in total. The van der Waals surface area contributed by atoms with Crippen LogP contribution in [0.2, 0.25) is 0 Å². The Morgan fingerprint density at radius 2 is 1.60 bits per heavy atom. The molecule has 0 unspecified atom stereocenters. The van der Waals surface area contributed by atoms with Crippen molar-refractivity contribution in [2.45, 2.75) is 44.8 Å². The van der Waals surface area contributed by atoms with Crippen molar-refractivity contribution in [2.24, 2.45) is 5.92 Å². The number of hydrogen-bond acceptors (Lipinski definition) is 6. The third-order valence-electron chi connectivity index (χ3n) is 9.02. The molecule has 0 bridgehead atoms. The van der Waals surface area contributed by atoms with Crippen LogP contribution in [0, 0.1) is 5.92 Å². The van der Waals surface area contributed by atoms with Gasteiger partial charge in [-0.25, -0.2) is 18.4 Å². The van der Waals surface area contributed by atoms with Crippen molar-refractivity contribution >= 4 is 43.6 Å². The summed E-state index contributed by atoms with van der Waals surface area (Å²) in [6, 6.07) is 33.4. The number of para-hydroxylation sites is 1. The zero-order valence-electron chi connectivity index (χ0n) is 26.5. The molecule has 0 saturated heterocycles. The average molecular weight is 661 g/mol. The first-order valence-electron chi connectivity index (χ1n) is 16.1. The summed E-state index contributed by atoms with van der Waals surface area (Å²) in [7, 11) is -3.34. The number of anilines is 1. The molecule has 1 aliphatic rings. The molecule has 2 N–H and O–H groups in total. The van der Waals surface area contributed by atoms with Crippen LogP contribution in [-0.2, 0) is 28.0 Å². The van der Waals surface area contributed by atoms with Gasteiger partial charge < -0.3 is 14.4 Å². The van der Waals surface area contributed by atoms with Gasteiger partial charge in [0.15, 0.2) is 0 Å². The highest BCUT2D eigenvalue weighted by Gasteiger charge is 2.35. The van der Waals surface area contributed by atoms with Crippen LogP contribution in [0.3, 0.4) is 0 Å². The van der Waals surface area contributed by atoms with E-state index in [0.29, 0.717) is 31.0 Å². The molecule has 4 aromatic carbocycles. The molecule has 6 aromatic rings. The Balaban J connectivity index is 1.17. The minimum absolute atomic E-state index is 0.187. The lowest BCUT2D eigenvalue weighted by atomic mass is 9.78. The normalized spacial score (nSPS) is 16.6. The van der Waals surface area contributed by atoms with Gasteiger partial charge in [-0.15, -0.1) is 0 Å². The smallest absolute Gasteiger partial charge is 0.307 e. The van der Waals surface area contributed by atoms with Crippen LogP contribution in [0.1, 0.15) is 48.7 Å². The lowest BCUT2D eigenvalue weighted by Crippen LogP contribution is -2.27.